The molecule has 0 amide bonds. The molecule has 0 radical (unpaired) electrons. The number of rotatable bonds is 11. The van der Waals surface area contributed by atoms with Gasteiger partial charge in [-0.15, -0.1) is 0 Å². The standard InChI is InChI=1S/C24H28N8O5/c1-3-36-20-10-5-17(15-21(20)37-4-2)16-25-30-23-27-22(26-18-6-8-19(9-7-18)32(33)34)28-24(29-23)31-11-13-35-14-12-31/h5-10,15-16H,3-4,11-14H2,1-2H3,(H2,26,27,28,29,30)/b25-16-. The molecule has 2 aromatic carbocycles. The molecule has 3 aromatic rings. The first-order valence-corrected chi connectivity index (χ1v) is 11.8. The van der Waals surface area contributed by atoms with Crippen LogP contribution in [0.2, 0.25) is 0 Å². The van der Waals surface area contributed by atoms with Crippen LogP contribution in [-0.4, -0.2) is 65.6 Å². The van der Waals surface area contributed by atoms with Crippen LogP contribution >= 0.6 is 0 Å². The van der Waals surface area contributed by atoms with Crippen molar-refractivity contribution < 1.29 is 19.1 Å². The van der Waals surface area contributed by atoms with Gasteiger partial charge < -0.3 is 24.4 Å². The summed E-state index contributed by atoms with van der Waals surface area (Å²) in [5.74, 6) is 2.26. The normalized spacial score (nSPS) is 13.4. The number of nitro benzene ring substituents is 1. The van der Waals surface area contributed by atoms with Gasteiger partial charge >= 0.3 is 0 Å². The summed E-state index contributed by atoms with van der Waals surface area (Å²) in [6.45, 7) is 7.28. The molecule has 1 aliphatic heterocycles. The summed E-state index contributed by atoms with van der Waals surface area (Å²) >= 11 is 0. The van der Waals surface area contributed by atoms with E-state index in [1.165, 1.54) is 12.1 Å². The van der Waals surface area contributed by atoms with Gasteiger partial charge in [-0.2, -0.15) is 20.1 Å². The van der Waals surface area contributed by atoms with Gasteiger partial charge in [0.1, 0.15) is 0 Å². The Morgan fingerprint density at radius 2 is 1.73 bits per heavy atom. The number of hydrogen-bond donors (Lipinski definition) is 2. The molecule has 2 heterocycles. The van der Waals surface area contributed by atoms with Gasteiger partial charge in [-0.3, -0.25) is 10.1 Å². The fourth-order valence-corrected chi connectivity index (χ4v) is 3.48. The van der Waals surface area contributed by atoms with Crippen molar-refractivity contribution in [1.29, 1.82) is 0 Å². The number of ether oxygens (including phenoxy) is 3. The van der Waals surface area contributed by atoms with E-state index in [0.717, 1.165) is 5.56 Å². The molecular formula is C24H28N8O5. The molecule has 0 saturated carbocycles. The molecule has 1 aromatic heterocycles. The number of non-ortho nitro benzene ring substituents is 1. The van der Waals surface area contributed by atoms with Gasteiger partial charge in [-0.05, 0) is 49.7 Å². The Hall–Kier alpha value is -4.52. The van der Waals surface area contributed by atoms with Crippen LogP contribution in [0.25, 0.3) is 0 Å². The summed E-state index contributed by atoms with van der Waals surface area (Å²) in [5.41, 5.74) is 4.25. The van der Waals surface area contributed by atoms with E-state index in [1.807, 2.05) is 36.9 Å². The number of nitrogens with zero attached hydrogens (tertiary/aromatic N) is 6. The number of benzene rings is 2. The van der Waals surface area contributed by atoms with Crippen LogP contribution in [-0.2, 0) is 4.74 Å². The second-order valence-corrected chi connectivity index (χ2v) is 7.75. The molecule has 4 rings (SSSR count). The minimum atomic E-state index is -0.453. The molecule has 1 saturated heterocycles. The molecule has 0 unspecified atom stereocenters. The predicted octanol–water partition coefficient (Wildman–Crippen LogP) is 3.60. The van der Waals surface area contributed by atoms with Crippen LogP contribution in [0.4, 0.5) is 29.2 Å². The Labute approximate surface area is 213 Å². The largest absolute Gasteiger partial charge is 0.490 e. The molecule has 2 N–H and O–H groups in total. The van der Waals surface area contributed by atoms with Crippen molar-refractivity contribution in [3.63, 3.8) is 0 Å². The van der Waals surface area contributed by atoms with Crippen molar-refractivity contribution in [3.8, 4) is 11.5 Å². The molecule has 0 atom stereocenters. The highest BCUT2D eigenvalue weighted by Crippen LogP contribution is 2.28. The minimum Gasteiger partial charge on any atom is -0.490 e. The molecule has 13 heteroatoms. The lowest BCUT2D eigenvalue weighted by Gasteiger charge is -2.27. The zero-order valence-electron chi connectivity index (χ0n) is 20.6. The Morgan fingerprint density at radius 3 is 2.43 bits per heavy atom. The van der Waals surface area contributed by atoms with E-state index in [0.29, 0.717) is 62.7 Å². The predicted molar refractivity (Wildman–Crippen MR) is 139 cm³/mol. The summed E-state index contributed by atoms with van der Waals surface area (Å²) < 4.78 is 16.7. The van der Waals surface area contributed by atoms with Crippen LogP contribution in [0.5, 0.6) is 11.5 Å². The minimum absolute atomic E-state index is 0.00585. The van der Waals surface area contributed by atoms with Crippen molar-refractivity contribution >= 4 is 35.4 Å². The van der Waals surface area contributed by atoms with E-state index >= 15 is 0 Å². The molecule has 13 nitrogen and oxygen atoms in total. The Morgan fingerprint density at radius 1 is 1.03 bits per heavy atom. The third-order valence-corrected chi connectivity index (χ3v) is 5.20. The number of morpholine rings is 1. The highest BCUT2D eigenvalue weighted by molar-refractivity contribution is 5.81. The second kappa shape index (κ2) is 12.4. The molecule has 1 fully saturated rings. The summed E-state index contributed by atoms with van der Waals surface area (Å²) in [6, 6.07) is 11.5. The number of aromatic nitrogens is 3. The summed E-state index contributed by atoms with van der Waals surface area (Å²) in [4.78, 5) is 25.9. The van der Waals surface area contributed by atoms with Gasteiger partial charge in [0.2, 0.25) is 17.8 Å². The zero-order valence-corrected chi connectivity index (χ0v) is 20.6. The molecule has 194 valence electrons. The third kappa shape index (κ3) is 7.01. The number of hydrazone groups is 1. The maximum atomic E-state index is 10.9. The number of nitrogens with one attached hydrogen (secondary N) is 2. The first-order valence-electron chi connectivity index (χ1n) is 11.8. The number of anilines is 4. The SMILES string of the molecule is CCOc1ccc(/C=N\Nc2nc(Nc3ccc([N+](=O)[O-])cc3)nc(N3CCOCC3)n2)cc1OCC. The lowest BCUT2D eigenvalue weighted by Crippen LogP contribution is -2.37. The monoisotopic (exact) mass is 508 g/mol. The third-order valence-electron chi connectivity index (χ3n) is 5.20. The highest BCUT2D eigenvalue weighted by atomic mass is 16.6. The first kappa shape index (κ1) is 25.6. The van der Waals surface area contributed by atoms with Gasteiger partial charge in [-0.1, -0.05) is 0 Å². The average molecular weight is 509 g/mol. The quantitative estimate of drug-likeness (QED) is 0.222. The molecule has 0 aliphatic carbocycles. The molecule has 37 heavy (non-hydrogen) atoms. The molecule has 1 aliphatic rings. The van der Waals surface area contributed by atoms with E-state index in [1.54, 1.807) is 18.3 Å². The Kier molecular flexibility index (Phi) is 8.60. The molecule has 0 bridgehead atoms. The lowest BCUT2D eigenvalue weighted by atomic mass is 10.2. The van der Waals surface area contributed by atoms with Crippen LogP contribution in [0.1, 0.15) is 19.4 Å². The first-order chi connectivity index (χ1) is 18.1. The summed E-state index contributed by atoms with van der Waals surface area (Å²) in [6.07, 6.45) is 1.62. The smallest absolute Gasteiger partial charge is 0.269 e. The van der Waals surface area contributed by atoms with E-state index in [-0.39, 0.29) is 17.6 Å². The fraction of sp³-hybridized carbons (Fsp3) is 0.333. The van der Waals surface area contributed by atoms with Gasteiger partial charge in [0.15, 0.2) is 11.5 Å². The van der Waals surface area contributed by atoms with Crippen molar-refractivity contribution in [1.82, 2.24) is 15.0 Å². The lowest BCUT2D eigenvalue weighted by molar-refractivity contribution is -0.384. The topological polar surface area (TPSA) is 149 Å². The van der Waals surface area contributed by atoms with E-state index in [4.69, 9.17) is 14.2 Å². The van der Waals surface area contributed by atoms with Crippen LogP contribution in [0, 0.1) is 10.1 Å². The summed E-state index contributed by atoms with van der Waals surface area (Å²) in [7, 11) is 0. The van der Waals surface area contributed by atoms with Crippen LogP contribution < -0.4 is 25.1 Å². The summed E-state index contributed by atoms with van der Waals surface area (Å²) in [5, 5.41) is 18.3. The second-order valence-electron chi connectivity index (χ2n) is 7.75. The zero-order chi connectivity index (χ0) is 26.0. The number of nitro groups is 1. The van der Waals surface area contributed by atoms with Crippen LogP contribution in [0.3, 0.4) is 0 Å². The van der Waals surface area contributed by atoms with E-state index in [2.05, 4.69) is 30.8 Å². The van der Waals surface area contributed by atoms with Crippen LogP contribution in [0.15, 0.2) is 47.6 Å². The van der Waals surface area contributed by atoms with Crippen molar-refractivity contribution in [2.75, 3.05) is 55.2 Å². The van der Waals surface area contributed by atoms with Crippen molar-refractivity contribution in [2.24, 2.45) is 5.10 Å². The maximum Gasteiger partial charge on any atom is 0.269 e. The molecule has 0 spiro atoms. The van der Waals surface area contributed by atoms with Gasteiger partial charge in [0.05, 0.1) is 37.6 Å². The fourth-order valence-electron chi connectivity index (χ4n) is 3.48. The highest BCUT2D eigenvalue weighted by Gasteiger charge is 2.17. The Balaban J connectivity index is 1.54. The maximum absolute atomic E-state index is 10.9. The Bertz CT molecular complexity index is 1230. The van der Waals surface area contributed by atoms with Gasteiger partial charge in [0.25, 0.3) is 5.69 Å². The van der Waals surface area contributed by atoms with E-state index < -0.39 is 4.92 Å². The van der Waals surface area contributed by atoms with E-state index in [9.17, 15) is 10.1 Å². The van der Waals surface area contributed by atoms with Crippen molar-refractivity contribution in [2.45, 2.75) is 13.8 Å². The molecular weight excluding hydrogens is 480 g/mol. The van der Waals surface area contributed by atoms with Gasteiger partial charge in [0, 0.05) is 30.9 Å². The number of hydrogen-bond acceptors (Lipinski definition) is 12. The van der Waals surface area contributed by atoms with Crippen molar-refractivity contribution in [3.05, 3.63) is 58.1 Å². The average Bonchev–Trinajstić information content (AvgIpc) is 2.91. The van der Waals surface area contributed by atoms with Gasteiger partial charge in [-0.25, -0.2) is 5.43 Å².